The van der Waals surface area contributed by atoms with Crippen molar-refractivity contribution in [3.8, 4) is 0 Å². The van der Waals surface area contributed by atoms with Crippen molar-refractivity contribution in [3.63, 3.8) is 0 Å². The molecular formula is C14H13ClFNO2S. The molecule has 0 atom stereocenters. The number of nitrogen functional groups attached to an aromatic ring is 1. The first-order chi connectivity index (χ1) is 9.31. The van der Waals surface area contributed by atoms with Crippen molar-refractivity contribution in [2.75, 3.05) is 5.73 Å². The quantitative estimate of drug-likeness (QED) is 0.884. The molecule has 0 amide bonds. The second kappa shape index (κ2) is 5.42. The number of benzene rings is 2. The molecule has 2 aromatic carbocycles. The van der Waals surface area contributed by atoms with Crippen molar-refractivity contribution in [1.82, 2.24) is 0 Å². The van der Waals surface area contributed by atoms with Crippen LogP contribution in [0.3, 0.4) is 0 Å². The van der Waals surface area contributed by atoms with E-state index in [1.54, 1.807) is 19.1 Å². The molecule has 0 heterocycles. The number of sulfone groups is 1. The van der Waals surface area contributed by atoms with Crippen LogP contribution in [0.4, 0.5) is 10.1 Å². The Balaban J connectivity index is 2.44. The number of halogens is 2. The van der Waals surface area contributed by atoms with Crippen LogP contribution in [-0.4, -0.2) is 8.42 Å². The third-order valence-corrected chi connectivity index (χ3v) is 5.06. The van der Waals surface area contributed by atoms with Gasteiger partial charge in [-0.25, -0.2) is 12.8 Å². The first-order valence-electron chi connectivity index (χ1n) is 5.83. The monoisotopic (exact) mass is 313 g/mol. The maximum absolute atomic E-state index is 13.7. The summed E-state index contributed by atoms with van der Waals surface area (Å²) in [4.78, 5) is 0.117. The summed E-state index contributed by atoms with van der Waals surface area (Å²) in [5.41, 5.74) is 6.65. The fraction of sp³-hybridized carbons (Fsp3) is 0.143. The molecule has 0 fully saturated rings. The lowest BCUT2D eigenvalue weighted by Crippen LogP contribution is -2.09. The molecule has 0 aliphatic rings. The van der Waals surface area contributed by atoms with Gasteiger partial charge in [0.25, 0.3) is 0 Å². The van der Waals surface area contributed by atoms with E-state index in [1.807, 2.05) is 0 Å². The summed E-state index contributed by atoms with van der Waals surface area (Å²) in [7, 11) is -3.66. The number of hydrogen-bond acceptors (Lipinski definition) is 3. The maximum Gasteiger partial charge on any atom is 0.182 e. The first kappa shape index (κ1) is 14.8. The fourth-order valence-electron chi connectivity index (χ4n) is 1.89. The van der Waals surface area contributed by atoms with E-state index in [-0.39, 0.29) is 15.5 Å². The van der Waals surface area contributed by atoms with Crippen molar-refractivity contribution in [2.45, 2.75) is 17.6 Å². The summed E-state index contributed by atoms with van der Waals surface area (Å²) in [6, 6.07) is 8.58. The lowest BCUT2D eigenvalue weighted by molar-refractivity contribution is 0.586. The topological polar surface area (TPSA) is 60.2 Å². The van der Waals surface area contributed by atoms with Gasteiger partial charge in [-0.2, -0.15) is 0 Å². The molecule has 0 radical (unpaired) electrons. The van der Waals surface area contributed by atoms with Crippen molar-refractivity contribution in [3.05, 3.63) is 58.4 Å². The van der Waals surface area contributed by atoms with Gasteiger partial charge in [0.1, 0.15) is 5.82 Å². The third-order valence-electron chi connectivity index (χ3n) is 3.02. The summed E-state index contributed by atoms with van der Waals surface area (Å²) >= 11 is 5.65. The summed E-state index contributed by atoms with van der Waals surface area (Å²) in [6.45, 7) is 1.63. The van der Waals surface area contributed by atoms with E-state index in [2.05, 4.69) is 0 Å². The zero-order valence-electron chi connectivity index (χ0n) is 10.7. The Hall–Kier alpha value is -1.59. The predicted octanol–water partition coefficient (Wildman–Crippen LogP) is 3.34. The van der Waals surface area contributed by atoms with Crippen LogP contribution in [0.2, 0.25) is 5.02 Å². The highest BCUT2D eigenvalue weighted by Crippen LogP contribution is 2.25. The van der Waals surface area contributed by atoms with Gasteiger partial charge >= 0.3 is 0 Å². The predicted molar refractivity (Wildman–Crippen MR) is 77.9 cm³/mol. The lowest BCUT2D eigenvalue weighted by atomic mass is 10.2. The zero-order valence-corrected chi connectivity index (χ0v) is 12.3. The van der Waals surface area contributed by atoms with Gasteiger partial charge in [-0.15, -0.1) is 0 Å². The SMILES string of the molecule is Cc1c(N)cccc1S(=O)(=O)Cc1ccc(Cl)cc1F. The molecule has 6 heteroatoms. The van der Waals surface area contributed by atoms with E-state index in [4.69, 9.17) is 17.3 Å². The van der Waals surface area contributed by atoms with Crippen LogP contribution >= 0.6 is 11.6 Å². The number of hydrogen-bond donors (Lipinski definition) is 1. The third kappa shape index (κ3) is 2.94. The Morgan fingerprint density at radius 2 is 1.95 bits per heavy atom. The molecule has 0 aromatic heterocycles. The first-order valence-corrected chi connectivity index (χ1v) is 7.86. The zero-order chi connectivity index (χ0) is 14.9. The van der Waals surface area contributed by atoms with Crippen LogP contribution in [0.25, 0.3) is 0 Å². The van der Waals surface area contributed by atoms with Crippen molar-refractivity contribution >= 4 is 27.1 Å². The Bertz CT molecular complexity index is 760. The van der Waals surface area contributed by atoms with Crippen LogP contribution in [0, 0.1) is 12.7 Å². The summed E-state index contributed by atoms with van der Waals surface area (Å²) in [5, 5.41) is 0.226. The van der Waals surface area contributed by atoms with Gasteiger partial charge in [-0.1, -0.05) is 23.7 Å². The van der Waals surface area contributed by atoms with Gasteiger partial charge in [0.05, 0.1) is 10.6 Å². The molecule has 2 aromatic rings. The van der Waals surface area contributed by atoms with E-state index < -0.39 is 21.4 Å². The largest absolute Gasteiger partial charge is 0.398 e. The summed E-state index contributed by atoms with van der Waals surface area (Å²) in [5.74, 6) is -1.07. The van der Waals surface area contributed by atoms with Crippen LogP contribution in [-0.2, 0) is 15.6 Å². The highest BCUT2D eigenvalue weighted by atomic mass is 35.5. The molecule has 0 unspecified atom stereocenters. The number of anilines is 1. The molecule has 0 bridgehead atoms. The van der Waals surface area contributed by atoms with E-state index in [1.165, 1.54) is 18.2 Å². The van der Waals surface area contributed by atoms with Crippen molar-refractivity contribution in [1.29, 1.82) is 0 Å². The van der Waals surface area contributed by atoms with Gasteiger partial charge in [-0.05, 0) is 36.8 Å². The normalized spacial score (nSPS) is 11.6. The average Bonchev–Trinajstić information content (AvgIpc) is 2.36. The van der Waals surface area contributed by atoms with Crippen molar-refractivity contribution in [2.24, 2.45) is 0 Å². The molecule has 0 saturated heterocycles. The van der Waals surface area contributed by atoms with Gasteiger partial charge in [0.15, 0.2) is 9.84 Å². The van der Waals surface area contributed by atoms with E-state index in [9.17, 15) is 12.8 Å². The van der Waals surface area contributed by atoms with Gasteiger partial charge < -0.3 is 5.73 Å². The van der Waals surface area contributed by atoms with E-state index in [0.717, 1.165) is 6.07 Å². The minimum Gasteiger partial charge on any atom is -0.398 e. The van der Waals surface area contributed by atoms with Crippen LogP contribution in [0.5, 0.6) is 0 Å². The Kier molecular flexibility index (Phi) is 4.01. The summed E-state index contributed by atoms with van der Waals surface area (Å²) < 4.78 is 38.4. The highest BCUT2D eigenvalue weighted by Gasteiger charge is 2.20. The van der Waals surface area contributed by atoms with E-state index in [0.29, 0.717) is 11.3 Å². The Morgan fingerprint density at radius 1 is 1.25 bits per heavy atom. The van der Waals surface area contributed by atoms with Crippen LogP contribution in [0.1, 0.15) is 11.1 Å². The molecule has 0 spiro atoms. The number of nitrogens with two attached hydrogens (primary N) is 1. The molecule has 0 aliphatic carbocycles. The second-order valence-corrected chi connectivity index (χ2v) is 6.86. The minimum atomic E-state index is -3.66. The fourth-order valence-corrected chi connectivity index (χ4v) is 3.72. The standard InChI is InChI=1S/C14H13ClFNO2S/c1-9-13(17)3-2-4-14(9)20(18,19)8-10-5-6-11(15)7-12(10)16/h2-7H,8,17H2,1H3. The molecule has 3 nitrogen and oxygen atoms in total. The molecular weight excluding hydrogens is 301 g/mol. The van der Waals surface area contributed by atoms with Gasteiger partial charge in [0.2, 0.25) is 0 Å². The molecule has 106 valence electrons. The Labute approximate surface area is 122 Å². The average molecular weight is 314 g/mol. The number of rotatable bonds is 3. The smallest absolute Gasteiger partial charge is 0.182 e. The van der Waals surface area contributed by atoms with E-state index >= 15 is 0 Å². The van der Waals surface area contributed by atoms with Crippen molar-refractivity contribution < 1.29 is 12.8 Å². The van der Waals surface area contributed by atoms with Crippen LogP contribution < -0.4 is 5.73 Å². The Morgan fingerprint density at radius 3 is 2.60 bits per heavy atom. The molecule has 2 N–H and O–H groups in total. The molecule has 2 rings (SSSR count). The second-order valence-electron chi connectivity index (χ2n) is 4.47. The lowest BCUT2D eigenvalue weighted by Gasteiger charge is -2.10. The summed E-state index contributed by atoms with van der Waals surface area (Å²) in [6.07, 6.45) is 0. The minimum absolute atomic E-state index is 0.0798. The maximum atomic E-state index is 13.7. The molecule has 0 aliphatic heterocycles. The molecule has 20 heavy (non-hydrogen) atoms. The van der Waals surface area contributed by atoms with Gasteiger partial charge in [-0.3, -0.25) is 0 Å². The molecule has 0 saturated carbocycles. The highest BCUT2D eigenvalue weighted by molar-refractivity contribution is 7.90. The van der Waals surface area contributed by atoms with Crippen LogP contribution in [0.15, 0.2) is 41.3 Å². The van der Waals surface area contributed by atoms with Gasteiger partial charge in [0, 0.05) is 16.3 Å².